The van der Waals surface area contributed by atoms with Crippen molar-refractivity contribution in [3.63, 3.8) is 0 Å². The van der Waals surface area contributed by atoms with Crippen LogP contribution in [0.4, 0.5) is 0 Å². The number of aliphatic hydroxyl groups is 1. The molecule has 1 N–H and O–H groups in total. The van der Waals surface area contributed by atoms with E-state index in [-0.39, 0.29) is 0 Å². The lowest BCUT2D eigenvalue weighted by atomic mass is 10.0. The Balaban J connectivity index is 3.01. The maximum absolute atomic E-state index is 8.71. The first-order valence-electron chi connectivity index (χ1n) is 10.7. The quantitative estimate of drug-likeness (QED) is 0.192. The van der Waals surface area contributed by atoms with Crippen molar-refractivity contribution >= 4 is 0 Å². The topological polar surface area (TPSA) is 20.2 Å². The fraction of sp³-hybridized carbons (Fsp3) is 0.909. The molecule has 0 amide bonds. The minimum atomic E-state index is 0.370. The molecule has 0 aliphatic heterocycles. The van der Waals surface area contributed by atoms with Crippen LogP contribution < -0.4 is 0 Å². The monoisotopic (exact) mass is 324 g/mol. The van der Waals surface area contributed by atoms with Gasteiger partial charge in [0.25, 0.3) is 0 Å². The predicted molar refractivity (Wildman–Crippen MR) is 105 cm³/mol. The maximum atomic E-state index is 8.71. The predicted octanol–water partition coefficient (Wildman–Crippen LogP) is 7.58. The normalized spacial score (nSPS) is 11.6. The van der Waals surface area contributed by atoms with E-state index in [0.29, 0.717) is 6.61 Å². The van der Waals surface area contributed by atoms with Gasteiger partial charge in [0.2, 0.25) is 0 Å². The number of allylic oxidation sites excluding steroid dienone is 2. The Hall–Kier alpha value is -0.300. The minimum Gasteiger partial charge on any atom is -0.396 e. The van der Waals surface area contributed by atoms with Gasteiger partial charge >= 0.3 is 0 Å². The van der Waals surface area contributed by atoms with Crippen LogP contribution in [0.25, 0.3) is 0 Å². The Bertz CT molecular complexity index is 222. The van der Waals surface area contributed by atoms with Gasteiger partial charge in [-0.1, -0.05) is 103 Å². The van der Waals surface area contributed by atoms with E-state index in [0.717, 1.165) is 6.42 Å². The second kappa shape index (κ2) is 21.7. The van der Waals surface area contributed by atoms with Gasteiger partial charge in [0, 0.05) is 6.61 Å². The third kappa shape index (κ3) is 21.7. The molecule has 0 aliphatic carbocycles. The Kier molecular flexibility index (Phi) is 21.4. The molecule has 0 bridgehead atoms. The highest BCUT2D eigenvalue weighted by Gasteiger charge is 1.93. The van der Waals surface area contributed by atoms with Gasteiger partial charge in [-0.15, -0.1) is 0 Å². The Labute approximate surface area is 147 Å². The van der Waals surface area contributed by atoms with E-state index < -0.39 is 0 Å². The molecule has 0 aromatic heterocycles. The summed E-state index contributed by atoms with van der Waals surface area (Å²) in [4.78, 5) is 0. The van der Waals surface area contributed by atoms with Crippen LogP contribution in [0.3, 0.4) is 0 Å². The smallest absolute Gasteiger partial charge is 0.0431 e. The second-order valence-electron chi connectivity index (χ2n) is 7.08. The van der Waals surface area contributed by atoms with Crippen molar-refractivity contribution in [3.8, 4) is 0 Å². The summed E-state index contributed by atoms with van der Waals surface area (Å²) in [6.07, 6.45) is 29.1. The molecule has 0 aromatic rings. The van der Waals surface area contributed by atoms with E-state index in [4.69, 9.17) is 5.11 Å². The van der Waals surface area contributed by atoms with E-state index in [1.165, 1.54) is 109 Å². The van der Waals surface area contributed by atoms with Gasteiger partial charge in [-0.2, -0.15) is 0 Å². The molecule has 138 valence electrons. The molecule has 0 spiro atoms. The number of aliphatic hydroxyl groups excluding tert-OH is 1. The van der Waals surface area contributed by atoms with E-state index in [1.807, 2.05) is 0 Å². The van der Waals surface area contributed by atoms with Crippen molar-refractivity contribution in [1.82, 2.24) is 0 Å². The van der Waals surface area contributed by atoms with Crippen LogP contribution in [0, 0.1) is 0 Å². The van der Waals surface area contributed by atoms with Crippen molar-refractivity contribution in [1.29, 1.82) is 0 Å². The lowest BCUT2D eigenvalue weighted by Gasteiger charge is -2.02. The first-order valence-corrected chi connectivity index (χ1v) is 10.7. The number of unbranched alkanes of at least 4 members (excludes halogenated alkanes) is 16. The molecule has 0 fully saturated rings. The summed E-state index contributed by atoms with van der Waals surface area (Å²) < 4.78 is 0. The van der Waals surface area contributed by atoms with Crippen LogP contribution in [0.5, 0.6) is 0 Å². The summed E-state index contributed by atoms with van der Waals surface area (Å²) in [5.74, 6) is 0. The molecule has 0 aromatic carbocycles. The highest BCUT2D eigenvalue weighted by molar-refractivity contribution is 4.81. The molecule has 0 rings (SSSR count). The molecule has 23 heavy (non-hydrogen) atoms. The summed E-state index contributed by atoms with van der Waals surface area (Å²) in [5, 5.41) is 8.71. The van der Waals surface area contributed by atoms with Crippen LogP contribution in [0.15, 0.2) is 12.2 Å². The highest BCUT2D eigenvalue weighted by Crippen LogP contribution is 2.12. The lowest BCUT2D eigenvalue weighted by molar-refractivity contribution is 0.282. The third-order valence-electron chi connectivity index (χ3n) is 4.67. The summed E-state index contributed by atoms with van der Waals surface area (Å²) in [5.41, 5.74) is 0. The van der Waals surface area contributed by atoms with E-state index in [1.54, 1.807) is 0 Å². The molecule has 0 saturated heterocycles. The average Bonchev–Trinajstić information content (AvgIpc) is 2.57. The fourth-order valence-corrected chi connectivity index (χ4v) is 3.07. The maximum Gasteiger partial charge on any atom is 0.0431 e. The van der Waals surface area contributed by atoms with Gasteiger partial charge in [0.05, 0.1) is 0 Å². The van der Waals surface area contributed by atoms with Gasteiger partial charge in [-0.3, -0.25) is 0 Å². The van der Waals surface area contributed by atoms with Crippen molar-refractivity contribution in [2.24, 2.45) is 0 Å². The number of rotatable bonds is 19. The minimum absolute atomic E-state index is 0.370. The molecular formula is C22H44O. The Morgan fingerprint density at radius 3 is 1.22 bits per heavy atom. The van der Waals surface area contributed by atoms with E-state index in [9.17, 15) is 0 Å². The fourth-order valence-electron chi connectivity index (χ4n) is 3.07. The number of hydrogen-bond donors (Lipinski definition) is 1. The summed E-state index contributed by atoms with van der Waals surface area (Å²) in [7, 11) is 0. The van der Waals surface area contributed by atoms with Crippen molar-refractivity contribution in [2.45, 2.75) is 122 Å². The SMILES string of the molecule is CCCCCC/C=C/CCCCCCCCCCCCCCO. The average molecular weight is 325 g/mol. The molecule has 1 nitrogen and oxygen atoms in total. The number of hydrogen-bond acceptors (Lipinski definition) is 1. The molecule has 1 heteroatoms. The highest BCUT2D eigenvalue weighted by atomic mass is 16.2. The molecule has 0 aliphatic rings. The Morgan fingerprint density at radius 2 is 0.826 bits per heavy atom. The van der Waals surface area contributed by atoms with Crippen LogP contribution in [-0.4, -0.2) is 11.7 Å². The first kappa shape index (κ1) is 22.7. The standard InChI is InChI=1S/C22H44O/c1-2-3-4-5-6-7-8-9-10-11-12-13-14-15-16-17-18-19-20-21-22-23/h7-8,23H,2-6,9-22H2,1H3/b8-7+. The van der Waals surface area contributed by atoms with Gasteiger partial charge in [-0.25, -0.2) is 0 Å². The van der Waals surface area contributed by atoms with Crippen molar-refractivity contribution < 1.29 is 5.11 Å². The molecule has 0 radical (unpaired) electrons. The first-order chi connectivity index (χ1) is 11.4. The van der Waals surface area contributed by atoms with Crippen molar-refractivity contribution in [3.05, 3.63) is 12.2 Å². The molecular weight excluding hydrogens is 280 g/mol. The summed E-state index contributed by atoms with van der Waals surface area (Å²) in [6.45, 7) is 2.64. The second-order valence-corrected chi connectivity index (χ2v) is 7.08. The zero-order valence-corrected chi connectivity index (χ0v) is 16.0. The molecule has 0 atom stereocenters. The van der Waals surface area contributed by atoms with Crippen LogP contribution in [0.1, 0.15) is 122 Å². The van der Waals surface area contributed by atoms with Crippen LogP contribution >= 0.6 is 0 Å². The zero-order valence-electron chi connectivity index (χ0n) is 16.0. The molecule has 0 unspecified atom stereocenters. The largest absolute Gasteiger partial charge is 0.396 e. The van der Waals surface area contributed by atoms with Gasteiger partial charge < -0.3 is 5.11 Å². The summed E-state index contributed by atoms with van der Waals surface area (Å²) in [6, 6.07) is 0. The van der Waals surface area contributed by atoms with Crippen LogP contribution in [0.2, 0.25) is 0 Å². The lowest BCUT2D eigenvalue weighted by Crippen LogP contribution is -1.84. The van der Waals surface area contributed by atoms with Crippen LogP contribution in [-0.2, 0) is 0 Å². The van der Waals surface area contributed by atoms with Gasteiger partial charge in [0.1, 0.15) is 0 Å². The molecule has 0 heterocycles. The van der Waals surface area contributed by atoms with E-state index in [2.05, 4.69) is 19.1 Å². The summed E-state index contributed by atoms with van der Waals surface area (Å²) >= 11 is 0. The third-order valence-corrected chi connectivity index (χ3v) is 4.67. The van der Waals surface area contributed by atoms with Gasteiger partial charge in [0.15, 0.2) is 0 Å². The zero-order chi connectivity index (χ0) is 16.8. The van der Waals surface area contributed by atoms with Crippen molar-refractivity contribution in [2.75, 3.05) is 6.61 Å². The van der Waals surface area contributed by atoms with E-state index >= 15 is 0 Å². The molecule has 0 saturated carbocycles. The Morgan fingerprint density at radius 1 is 0.478 bits per heavy atom. The van der Waals surface area contributed by atoms with Gasteiger partial charge in [-0.05, 0) is 32.1 Å².